The van der Waals surface area contributed by atoms with Gasteiger partial charge in [0.1, 0.15) is 6.04 Å². The van der Waals surface area contributed by atoms with Crippen LogP contribution >= 0.6 is 7.37 Å². The Bertz CT molecular complexity index is 1230. The minimum atomic E-state index is -3.61. The van der Waals surface area contributed by atoms with E-state index in [1.165, 1.54) is 17.4 Å². The van der Waals surface area contributed by atoms with Gasteiger partial charge in [-0.05, 0) is 60.9 Å². The number of aryl methyl sites for hydroxylation is 1. The van der Waals surface area contributed by atoms with Gasteiger partial charge in [-0.1, -0.05) is 86.6 Å². The predicted molar refractivity (Wildman–Crippen MR) is 154 cm³/mol. The zero-order valence-corrected chi connectivity index (χ0v) is 23.3. The Balaban J connectivity index is 1.75. The largest absolute Gasteiger partial charge is 0.480 e. The molecule has 6 nitrogen and oxygen atoms in total. The van der Waals surface area contributed by atoms with E-state index in [0.29, 0.717) is 12.1 Å². The van der Waals surface area contributed by atoms with E-state index in [2.05, 4.69) is 0 Å². The molecule has 0 saturated heterocycles. The summed E-state index contributed by atoms with van der Waals surface area (Å²) in [5.74, 6) is -2.60. The van der Waals surface area contributed by atoms with Gasteiger partial charge in [-0.15, -0.1) is 0 Å². The second-order valence-corrected chi connectivity index (χ2v) is 12.7. The SMILES string of the molecule is CC(C)C(CP(=O)(O)CCCCc1ccccc1)C(=O)N(c1ccc(-c2ccccc2)cc1)[C@@H](C)C(=O)O. The lowest BCUT2D eigenvalue weighted by Gasteiger charge is -2.33. The van der Waals surface area contributed by atoms with E-state index in [1.54, 1.807) is 12.1 Å². The van der Waals surface area contributed by atoms with Crippen LogP contribution in [0.25, 0.3) is 11.1 Å². The number of amides is 1. The van der Waals surface area contributed by atoms with Crippen molar-refractivity contribution in [3.8, 4) is 11.1 Å². The summed E-state index contributed by atoms with van der Waals surface area (Å²) in [6.45, 7) is 5.13. The van der Waals surface area contributed by atoms with Crippen LogP contribution in [0.4, 0.5) is 5.69 Å². The lowest BCUT2D eigenvalue weighted by Crippen LogP contribution is -2.48. The van der Waals surface area contributed by atoms with Crippen LogP contribution in [0, 0.1) is 11.8 Å². The lowest BCUT2D eigenvalue weighted by molar-refractivity contribution is -0.140. The average molecular weight is 536 g/mol. The molecule has 3 aromatic carbocycles. The Labute approximate surface area is 225 Å². The van der Waals surface area contributed by atoms with Crippen LogP contribution < -0.4 is 4.90 Å². The number of anilines is 1. The molecular weight excluding hydrogens is 497 g/mol. The number of benzene rings is 3. The molecule has 1 amide bonds. The van der Waals surface area contributed by atoms with Crippen molar-refractivity contribution in [1.82, 2.24) is 0 Å². The first-order valence-corrected chi connectivity index (χ1v) is 15.2. The number of nitrogens with zero attached hydrogens (tertiary/aromatic N) is 1. The number of carbonyl (C=O) groups is 2. The summed E-state index contributed by atoms with van der Waals surface area (Å²) < 4.78 is 13.2. The Morgan fingerprint density at radius 3 is 1.92 bits per heavy atom. The number of carbonyl (C=O) groups excluding carboxylic acids is 1. The summed E-state index contributed by atoms with van der Waals surface area (Å²) >= 11 is 0. The zero-order valence-electron chi connectivity index (χ0n) is 22.4. The second-order valence-electron chi connectivity index (χ2n) is 10.2. The molecular formula is C31H38NO5P. The predicted octanol–water partition coefficient (Wildman–Crippen LogP) is 6.73. The van der Waals surface area contributed by atoms with Crippen molar-refractivity contribution in [3.05, 3.63) is 90.5 Å². The number of hydrogen-bond acceptors (Lipinski definition) is 3. The molecule has 3 aromatic rings. The molecule has 3 atom stereocenters. The molecule has 0 saturated carbocycles. The Hall–Kier alpha value is -3.21. The molecule has 202 valence electrons. The molecule has 3 rings (SSSR count). The minimum Gasteiger partial charge on any atom is -0.480 e. The summed E-state index contributed by atoms with van der Waals surface area (Å²) in [5, 5.41) is 9.79. The monoisotopic (exact) mass is 535 g/mol. The third-order valence-corrected chi connectivity index (χ3v) is 8.88. The van der Waals surface area contributed by atoms with Crippen LogP contribution in [0.15, 0.2) is 84.9 Å². The van der Waals surface area contributed by atoms with E-state index in [9.17, 15) is 24.2 Å². The smallest absolute Gasteiger partial charge is 0.326 e. The number of rotatable bonds is 13. The molecule has 0 aliphatic rings. The molecule has 2 N–H and O–H groups in total. The van der Waals surface area contributed by atoms with Crippen molar-refractivity contribution in [2.75, 3.05) is 17.2 Å². The van der Waals surface area contributed by atoms with Crippen LogP contribution in [0.2, 0.25) is 0 Å². The summed E-state index contributed by atoms with van der Waals surface area (Å²) in [4.78, 5) is 37.9. The van der Waals surface area contributed by atoms with Crippen molar-refractivity contribution < 1.29 is 24.2 Å². The summed E-state index contributed by atoms with van der Waals surface area (Å²) in [6, 6.07) is 25.8. The van der Waals surface area contributed by atoms with E-state index >= 15 is 0 Å². The van der Waals surface area contributed by atoms with Crippen molar-refractivity contribution in [2.24, 2.45) is 11.8 Å². The summed E-state index contributed by atoms with van der Waals surface area (Å²) in [7, 11) is -3.61. The molecule has 0 fully saturated rings. The van der Waals surface area contributed by atoms with E-state index in [0.717, 1.165) is 24.0 Å². The van der Waals surface area contributed by atoms with Gasteiger partial charge >= 0.3 is 5.97 Å². The molecule has 0 radical (unpaired) electrons. The van der Waals surface area contributed by atoms with Gasteiger partial charge in [0.05, 0.1) is 0 Å². The van der Waals surface area contributed by atoms with Crippen molar-refractivity contribution in [1.29, 1.82) is 0 Å². The quantitative estimate of drug-likeness (QED) is 0.187. The first kappa shape index (κ1) is 29.3. The molecule has 38 heavy (non-hydrogen) atoms. The topological polar surface area (TPSA) is 94.9 Å². The maximum atomic E-state index is 13.8. The van der Waals surface area contributed by atoms with Gasteiger partial charge in [-0.25, -0.2) is 4.79 Å². The molecule has 0 aliphatic carbocycles. The Morgan fingerprint density at radius 1 is 0.816 bits per heavy atom. The summed E-state index contributed by atoms with van der Waals surface area (Å²) in [5.41, 5.74) is 3.59. The Morgan fingerprint density at radius 2 is 1.37 bits per heavy atom. The second kappa shape index (κ2) is 13.5. The maximum absolute atomic E-state index is 13.8. The third kappa shape index (κ3) is 8.14. The van der Waals surface area contributed by atoms with E-state index in [-0.39, 0.29) is 18.2 Å². The van der Waals surface area contributed by atoms with Gasteiger partial charge in [0.25, 0.3) is 0 Å². The fourth-order valence-corrected chi connectivity index (χ4v) is 6.67. The van der Waals surface area contributed by atoms with Gasteiger partial charge in [0, 0.05) is 23.9 Å². The van der Waals surface area contributed by atoms with Crippen LogP contribution in [-0.2, 0) is 20.6 Å². The minimum absolute atomic E-state index is 0.136. The molecule has 0 spiro atoms. The molecule has 0 aromatic heterocycles. The van der Waals surface area contributed by atoms with Gasteiger partial charge in [0.15, 0.2) is 0 Å². The van der Waals surface area contributed by atoms with Crippen molar-refractivity contribution >= 4 is 24.9 Å². The van der Waals surface area contributed by atoms with E-state index < -0.39 is 31.2 Å². The highest BCUT2D eigenvalue weighted by Gasteiger charge is 2.37. The number of carboxylic acids is 1. The third-order valence-electron chi connectivity index (χ3n) is 6.90. The molecule has 0 aliphatic heterocycles. The lowest BCUT2D eigenvalue weighted by atomic mass is 9.95. The maximum Gasteiger partial charge on any atom is 0.326 e. The molecule has 0 bridgehead atoms. The first-order valence-electron chi connectivity index (χ1n) is 13.1. The van der Waals surface area contributed by atoms with Gasteiger partial charge < -0.3 is 10.00 Å². The number of aliphatic carboxylic acids is 1. The Kier molecular flexibility index (Phi) is 10.5. The highest BCUT2D eigenvalue weighted by molar-refractivity contribution is 7.58. The molecule has 0 heterocycles. The van der Waals surface area contributed by atoms with Crippen LogP contribution in [0.1, 0.15) is 39.2 Å². The van der Waals surface area contributed by atoms with Crippen molar-refractivity contribution in [3.63, 3.8) is 0 Å². The van der Waals surface area contributed by atoms with Gasteiger partial charge in [-0.2, -0.15) is 0 Å². The number of hydrogen-bond donors (Lipinski definition) is 2. The zero-order chi connectivity index (χ0) is 27.7. The fourth-order valence-electron chi connectivity index (χ4n) is 4.58. The highest BCUT2D eigenvalue weighted by Crippen LogP contribution is 2.45. The number of carboxylic acid groups (broad SMARTS) is 1. The summed E-state index contributed by atoms with van der Waals surface area (Å²) in [6.07, 6.45) is 2.16. The van der Waals surface area contributed by atoms with Gasteiger partial charge in [0.2, 0.25) is 13.3 Å². The standard InChI is InChI=1S/C31H38NO5P/c1-23(2)29(22-38(36,37)21-11-10-14-25-12-6-4-7-13-25)30(33)32(24(3)31(34)35)28-19-17-27(18-20-28)26-15-8-5-9-16-26/h4-9,12-13,15-20,23-24,29H,10-11,14,21-22H2,1-3H3,(H,34,35)(H,36,37)/t24-,29?/m0/s1. The van der Waals surface area contributed by atoms with Crippen molar-refractivity contribution in [2.45, 2.75) is 46.1 Å². The van der Waals surface area contributed by atoms with Crippen LogP contribution in [-0.4, -0.2) is 40.2 Å². The molecule has 7 heteroatoms. The van der Waals surface area contributed by atoms with Gasteiger partial charge in [-0.3, -0.25) is 14.3 Å². The van der Waals surface area contributed by atoms with E-state index in [1.807, 2.05) is 86.6 Å². The normalized spacial score (nSPS) is 14.4. The first-order chi connectivity index (χ1) is 18.1. The molecule has 2 unspecified atom stereocenters. The number of unbranched alkanes of at least 4 members (excludes halogenated alkanes) is 1. The van der Waals surface area contributed by atoms with Crippen LogP contribution in [0.5, 0.6) is 0 Å². The van der Waals surface area contributed by atoms with Crippen LogP contribution in [0.3, 0.4) is 0 Å². The highest BCUT2D eigenvalue weighted by atomic mass is 31.2. The average Bonchev–Trinajstić information content (AvgIpc) is 2.91. The van der Waals surface area contributed by atoms with E-state index in [4.69, 9.17) is 0 Å². The fraction of sp³-hybridized carbons (Fsp3) is 0.355.